The zero-order valence-electron chi connectivity index (χ0n) is 11.1. The number of aromatic nitrogens is 1. The van der Waals surface area contributed by atoms with Gasteiger partial charge in [-0.3, -0.25) is 0 Å². The van der Waals surface area contributed by atoms with Crippen LogP contribution < -0.4 is 5.32 Å². The van der Waals surface area contributed by atoms with Crippen molar-refractivity contribution in [1.29, 1.82) is 5.26 Å². The number of aryl methyl sites for hydroxylation is 1. The smallest absolute Gasteiger partial charge is 0.144 e. The van der Waals surface area contributed by atoms with Crippen LogP contribution in [0.15, 0.2) is 24.3 Å². The molecule has 1 aromatic carbocycles. The fraction of sp³-hybridized carbons (Fsp3) is 0.250. The SMILES string of the molecule is CCNc1nc2c(cc1C#N)Cc1ccc(C)cc1-2. The summed E-state index contributed by atoms with van der Waals surface area (Å²) in [5, 5.41) is 12.4. The van der Waals surface area contributed by atoms with Crippen molar-refractivity contribution in [3.8, 4) is 17.3 Å². The van der Waals surface area contributed by atoms with Gasteiger partial charge in [0, 0.05) is 18.5 Å². The summed E-state index contributed by atoms with van der Waals surface area (Å²) in [7, 11) is 0. The number of anilines is 1. The van der Waals surface area contributed by atoms with Crippen LogP contribution in [0.1, 0.15) is 29.2 Å². The van der Waals surface area contributed by atoms with Crippen LogP contribution in [0.3, 0.4) is 0 Å². The average molecular weight is 249 g/mol. The summed E-state index contributed by atoms with van der Waals surface area (Å²) in [6.07, 6.45) is 0.874. The van der Waals surface area contributed by atoms with Gasteiger partial charge >= 0.3 is 0 Å². The van der Waals surface area contributed by atoms with E-state index in [1.807, 2.05) is 13.0 Å². The fourth-order valence-electron chi connectivity index (χ4n) is 2.58. The predicted octanol–water partition coefficient (Wildman–Crippen LogP) is 3.26. The van der Waals surface area contributed by atoms with Gasteiger partial charge in [0.1, 0.15) is 11.9 Å². The van der Waals surface area contributed by atoms with Gasteiger partial charge in [0.05, 0.1) is 11.3 Å². The summed E-state index contributed by atoms with van der Waals surface area (Å²) in [6, 6.07) is 10.7. The lowest BCUT2D eigenvalue weighted by atomic mass is 10.1. The Morgan fingerprint density at radius 2 is 2.16 bits per heavy atom. The molecule has 3 nitrogen and oxygen atoms in total. The van der Waals surface area contributed by atoms with Gasteiger partial charge in [0.15, 0.2) is 0 Å². The van der Waals surface area contributed by atoms with Gasteiger partial charge in [-0.1, -0.05) is 17.7 Å². The first-order valence-electron chi connectivity index (χ1n) is 6.50. The minimum Gasteiger partial charge on any atom is -0.369 e. The van der Waals surface area contributed by atoms with Crippen molar-refractivity contribution in [3.05, 3.63) is 46.5 Å². The van der Waals surface area contributed by atoms with Gasteiger partial charge in [-0.15, -0.1) is 0 Å². The molecule has 0 radical (unpaired) electrons. The number of nitrogens with zero attached hydrogens (tertiary/aromatic N) is 2. The lowest BCUT2D eigenvalue weighted by Gasteiger charge is -2.08. The number of rotatable bonds is 2. The van der Waals surface area contributed by atoms with E-state index in [2.05, 4.69) is 41.5 Å². The maximum atomic E-state index is 9.21. The third-order valence-corrected chi connectivity index (χ3v) is 3.47. The molecule has 1 aromatic heterocycles. The molecule has 0 fully saturated rings. The lowest BCUT2D eigenvalue weighted by molar-refractivity contribution is 1.14. The molecule has 0 bridgehead atoms. The zero-order chi connectivity index (χ0) is 13.4. The molecule has 19 heavy (non-hydrogen) atoms. The second kappa shape index (κ2) is 4.40. The Morgan fingerprint density at radius 1 is 1.32 bits per heavy atom. The predicted molar refractivity (Wildman–Crippen MR) is 76.1 cm³/mol. The van der Waals surface area contributed by atoms with Gasteiger partial charge in [0.2, 0.25) is 0 Å². The summed E-state index contributed by atoms with van der Waals surface area (Å²) in [5.41, 5.74) is 6.55. The average Bonchev–Trinajstić information content (AvgIpc) is 2.75. The molecule has 0 amide bonds. The topological polar surface area (TPSA) is 48.7 Å². The molecule has 3 rings (SSSR count). The Kier molecular flexibility index (Phi) is 2.72. The van der Waals surface area contributed by atoms with Crippen molar-refractivity contribution in [2.75, 3.05) is 11.9 Å². The summed E-state index contributed by atoms with van der Waals surface area (Å²) >= 11 is 0. The Balaban J connectivity index is 2.19. The second-order valence-electron chi connectivity index (χ2n) is 4.87. The molecule has 3 heteroatoms. The fourth-order valence-corrected chi connectivity index (χ4v) is 2.58. The monoisotopic (exact) mass is 249 g/mol. The first-order chi connectivity index (χ1) is 9.22. The van der Waals surface area contributed by atoms with E-state index in [-0.39, 0.29) is 0 Å². The number of hydrogen-bond donors (Lipinski definition) is 1. The van der Waals surface area contributed by atoms with E-state index in [4.69, 9.17) is 0 Å². The van der Waals surface area contributed by atoms with Crippen LogP contribution >= 0.6 is 0 Å². The van der Waals surface area contributed by atoms with Crippen molar-refractivity contribution in [3.63, 3.8) is 0 Å². The van der Waals surface area contributed by atoms with E-state index < -0.39 is 0 Å². The summed E-state index contributed by atoms with van der Waals surface area (Å²) < 4.78 is 0. The molecule has 2 aromatic rings. The number of hydrogen-bond acceptors (Lipinski definition) is 3. The highest BCUT2D eigenvalue weighted by Gasteiger charge is 2.22. The van der Waals surface area contributed by atoms with Crippen LogP contribution in [0.25, 0.3) is 11.3 Å². The number of pyridine rings is 1. The third kappa shape index (κ3) is 1.86. The van der Waals surface area contributed by atoms with Crippen molar-refractivity contribution in [1.82, 2.24) is 4.98 Å². The highest BCUT2D eigenvalue weighted by Crippen LogP contribution is 2.37. The van der Waals surface area contributed by atoms with Gasteiger partial charge < -0.3 is 5.32 Å². The molecule has 0 aliphatic heterocycles. The number of nitrogens with one attached hydrogen (secondary N) is 1. The van der Waals surface area contributed by atoms with Crippen LogP contribution in [0.4, 0.5) is 5.82 Å². The molecule has 0 atom stereocenters. The summed E-state index contributed by atoms with van der Waals surface area (Å²) in [6.45, 7) is 4.86. The first-order valence-corrected chi connectivity index (χ1v) is 6.50. The van der Waals surface area contributed by atoms with Gasteiger partial charge in [-0.25, -0.2) is 4.98 Å². The molecule has 1 aliphatic rings. The highest BCUT2D eigenvalue weighted by atomic mass is 15.0. The number of benzene rings is 1. The van der Waals surface area contributed by atoms with Crippen LogP contribution in [-0.2, 0) is 6.42 Å². The standard InChI is InChI=1S/C16H15N3/c1-3-18-16-13(9-17)8-12-7-11-5-4-10(2)6-14(11)15(12)19-16/h4-6,8H,3,7H2,1-2H3,(H,18,19). The molecule has 0 spiro atoms. The van der Waals surface area contributed by atoms with Gasteiger partial charge in [-0.2, -0.15) is 5.26 Å². The van der Waals surface area contributed by atoms with E-state index in [1.54, 1.807) is 0 Å². The Bertz CT molecular complexity index is 696. The van der Waals surface area contributed by atoms with Crippen LogP contribution in [0, 0.1) is 18.3 Å². The Morgan fingerprint density at radius 3 is 2.89 bits per heavy atom. The molecular weight excluding hydrogens is 234 g/mol. The normalized spacial score (nSPS) is 11.6. The summed E-state index contributed by atoms with van der Waals surface area (Å²) in [4.78, 5) is 4.66. The van der Waals surface area contributed by atoms with Crippen molar-refractivity contribution < 1.29 is 0 Å². The van der Waals surface area contributed by atoms with E-state index in [0.29, 0.717) is 11.4 Å². The van der Waals surface area contributed by atoms with E-state index in [9.17, 15) is 5.26 Å². The molecule has 0 saturated heterocycles. The summed E-state index contributed by atoms with van der Waals surface area (Å²) in [5.74, 6) is 0.693. The number of fused-ring (bicyclic) bond motifs is 3. The quantitative estimate of drug-likeness (QED) is 0.758. The van der Waals surface area contributed by atoms with E-state index >= 15 is 0 Å². The molecule has 0 saturated carbocycles. The maximum Gasteiger partial charge on any atom is 0.144 e. The molecule has 0 unspecified atom stereocenters. The van der Waals surface area contributed by atoms with Crippen molar-refractivity contribution in [2.24, 2.45) is 0 Å². The first kappa shape index (κ1) is 11.7. The van der Waals surface area contributed by atoms with Crippen LogP contribution in [-0.4, -0.2) is 11.5 Å². The molecule has 1 heterocycles. The van der Waals surface area contributed by atoms with Crippen molar-refractivity contribution >= 4 is 5.82 Å². The third-order valence-electron chi connectivity index (χ3n) is 3.47. The lowest BCUT2D eigenvalue weighted by Crippen LogP contribution is -2.03. The van der Waals surface area contributed by atoms with Crippen LogP contribution in [0.5, 0.6) is 0 Å². The molecular formula is C16H15N3. The van der Waals surface area contributed by atoms with Crippen molar-refractivity contribution in [2.45, 2.75) is 20.3 Å². The van der Waals surface area contributed by atoms with E-state index in [0.717, 1.165) is 24.2 Å². The Labute approximate surface area is 112 Å². The minimum atomic E-state index is 0.630. The second-order valence-corrected chi connectivity index (χ2v) is 4.87. The minimum absolute atomic E-state index is 0.630. The maximum absolute atomic E-state index is 9.21. The molecule has 94 valence electrons. The van der Waals surface area contributed by atoms with Crippen LogP contribution in [0.2, 0.25) is 0 Å². The van der Waals surface area contributed by atoms with Gasteiger partial charge in [0.25, 0.3) is 0 Å². The Hall–Kier alpha value is -2.34. The van der Waals surface area contributed by atoms with E-state index in [1.165, 1.54) is 16.7 Å². The molecule has 1 N–H and O–H groups in total. The highest BCUT2D eigenvalue weighted by molar-refractivity contribution is 5.77. The van der Waals surface area contributed by atoms with Gasteiger partial charge in [-0.05, 0) is 37.1 Å². The largest absolute Gasteiger partial charge is 0.369 e. The molecule has 1 aliphatic carbocycles. The zero-order valence-corrected chi connectivity index (χ0v) is 11.1. The number of nitriles is 1.